The summed E-state index contributed by atoms with van der Waals surface area (Å²) < 4.78 is 4.97. The summed E-state index contributed by atoms with van der Waals surface area (Å²) in [6.07, 6.45) is 2.52. The lowest BCUT2D eigenvalue weighted by Gasteiger charge is -2.18. The smallest absolute Gasteiger partial charge is 0.340 e. The SMILES string of the molecule is CCOC(=O)c1ccnc(NC(C)CCN(C)C)c1N. The van der Waals surface area contributed by atoms with Gasteiger partial charge < -0.3 is 20.7 Å². The van der Waals surface area contributed by atoms with Gasteiger partial charge in [0.15, 0.2) is 0 Å². The number of esters is 1. The van der Waals surface area contributed by atoms with Gasteiger partial charge in [-0.25, -0.2) is 9.78 Å². The minimum atomic E-state index is -0.420. The van der Waals surface area contributed by atoms with Gasteiger partial charge in [0.05, 0.1) is 17.9 Å². The average Bonchev–Trinajstić information content (AvgIpc) is 2.39. The normalized spacial score (nSPS) is 12.2. The first-order chi connectivity index (χ1) is 9.45. The van der Waals surface area contributed by atoms with Crippen LogP contribution in [0.15, 0.2) is 12.3 Å². The quantitative estimate of drug-likeness (QED) is 0.738. The van der Waals surface area contributed by atoms with E-state index in [9.17, 15) is 4.79 Å². The van der Waals surface area contributed by atoms with Gasteiger partial charge in [0.25, 0.3) is 0 Å². The fourth-order valence-electron chi connectivity index (χ4n) is 1.73. The summed E-state index contributed by atoms with van der Waals surface area (Å²) in [5.74, 6) is 0.109. The number of carbonyl (C=O) groups is 1. The van der Waals surface area contributed by atoms with Gasteiger partial charge in [-0.1, -0.05) is 0 Å². The molecule has 20 heavy (non-hydrogen) atoms. The number of carbonyl (C=O) groups excluding carboxylic acids is 1. The Labute approximate surface area is 120 Å². The van der Waals surface area contributed by atoms with Crippen LogP contribution in [-0.2, 0) is 4.74 Å². The zero-order valence-electron chi connectivity index (χ0n) is 12.6. The van der Waals surface area contributed by atoms with Crippen LogP contribution in [0.5, 0.6) is 0 Å². The summed E-state index contributed by atoms with van der Waals surface area (Å²) in [6.45, 7) is 5.10. The zero-order chi connectivity index (χ0) is 15.1. The largest absolute Gasteiger partial charge is 0.462 e. The number of hydrogen-bond acceptors (Lipinski definition) is 6. The van der Waals surface area contributed by atoms with Crippen LogP contribution < -0.4 is 11.1 Å². The number of nitrogens with one attached hydrogen (secondary N) is 1. The van der Waals surface area contributed by atoms with E-state index in [1.165, 1.54) is 0 Å². The molecular formula is C14H24N4O2. The maximum Gasteiger partial charge on any atom is 0.340 e. The van der Waals surface area contributed by atoms with E-state index >= 15 is 0 Å². The van der Waals surface area contributed by atoms with Gasteiger partial charge in [0, 0.05) is 12.2 Å². The molecule has 0 aliphatic carbocycles. The highest BCUT2D eigenvalue weighted by Crippen LogP contribution is 2.21. The van der Waals surface area contributed by atoms with E-state index in [4.69, 9.17) is 10.5 Å². The van der Waals surface area contributed by atoms with E-state index in [0.717, 1.165) is 13.0 Å². The average molecular weight is 280 g/mol. The lowest BCUT2D eigenvalue weighted by atomic mass is 10.2. The highest BCUT2D eigenvalue weighted by molar-refractivity contribution is 5.97. The van der Waals surface area contributed by atoms with Gasteiger partial charge >= 0.3 is 5.97 Å². The maximum absolute atomic E-state index is 11.8. The molecule has 1 aromatic heterocycles. The van der Waals surface area contributed by atoms with E-state index in [1.54, 1.807) is 19.2 Å². The first-order valence-corrected chi connectivity index (χ1v) is 6.78. The van der Waals surface area contributed by atoms with Crippen LogP contribution in [0, 0.1) is 0 Å². The van der Waals surface area contributed by atoms with Gasteiger partial charge in [-0.05, 0) is 47.0 Å². The molecular weight excluding hydrogens is 256 g/mol. The van der Waals surface area contributed by atoms with Crippen LogP contribution in [0.4, 0.5) is 11.5 Å². The van der Waals surface area contributed by atoms with Crippen molar-refractivity contribution in [2.75, 3.05) is 38.3 Å². The molecule has 0 aliphatic heterocycles. The first-order valence-electron chi connectivity index (χ1n) is 6.78. The molecule has 3 N–H and O–H groups in total. The first kappa shape index (κ1) is 16.2. The van der Waals surface area contributed by atoms with Gasteiger partial charge in [0.1, 0.15) is 5.82 Å². The second kappa shape index (κ2) is 7.69. The van der Waals surface area contributed by atoms with Crippen LogP contribution in [-0.4, -0.2) is 49.1 Å². The fraction of sp³-hybridized carbons (Fsp3) is 0.571. The predicted octanol–water partition coefficient (Wildman–Crippen LogP) is 1.59. The summed E-state index contributed by atoms with van der Waals surface area (Å²) in [5.41, 5.74) is 6.67. The molecule has 0 fully saturated rings. The van der Waals surface area contributed by atoms with Crippen molar-refractivity contribution in [3.63, 3.8) is 0 Å². The van der Waals surface area contributed by atoms with Crippen LogP contribution in [0.1, 0.15) is 30.6 Å². The monoisotopic (exact) mass is 280 g/mol. The predicted molar refractivity (Wildman–Crippen MR) is 80.9 cm³/mol. The molecule has 1 aromatic rings. The Morgan fingerprint density at radius 1 is 1.55 bits per heavy atom. The third-order valence-corrected chi connectivity index (χ3v) is 2.88. The molecule has 0 saturated carbocycles. The Hall–Kier alpha value is -1.82. The summed E-state index contributed by atoms with van der Waals surface area (Å²) in [6, 6.07) is 1.79. The van der Waals surface area contributed by atoms with Gasteiger partial charge in [0.2, 0.25) is 0 Å². The lowest BCUT2D eigenvalue weighted by molar-refractivity contribution is 0.0527. The fourth-order valence-corrected chi connectivity index (χ4v) is 1.73. The van der Waals surface area contributed by atoms with E-state index in [0.29, 0.717) is 23.7 Å². The van der Waals surface area contributed by atoms with Crippen molar-refractivity contribution >= 4 is 17.5 Å². The van der Waals surface area contributed by atoms with Crippen molar-refractivity contribution in [3.8, 4) is 0 Å². The molecule has 6 nitrogen and oxygen atoms in total. The van der Waals surface area contributed by atoms with Crippen molar-refractivity contribution < 1.29 is 9.53 Å². The molecule has 1 rings (SSSR count). The topological polar surface area (TPSA) is 80.5 Å². The highest BCUT2D eigenvalue weighted by Gasteiger charge is 2.15. The number of ether oxygens (including phenoxy) is 1. The molecule has 1 atom stereocenters. The lowest BCUT2D eigenvalue weighted by Crippen LogP contribution is -2.24. The molecule has 0 aromatic carbocycles. The Balaban J connectivity index is 2.76. The number of rotatable bonds is 7. The number of nitrogens with zero attached hydrogens (tertiary/aromatic N) is 2. The summed E-state index contributed by atoms with van der Waals surface area (Å²) in [5, 5.41) is 3.23. The third kappa shape index (κ3) is 4.70. The molecule has 0 amide bonds. The number of nitrogens with two attached hydrogens (primary N) is 1. The van der Waals surface area contributed by atoms with E-state index < -0.39 is 5.97 Å². The number of nitrogen functional groups attached to an aromatic ring is 1. The Bertz CT molecular complexity index is 449. The second-order valence-corrected chi connectivity index (χ2v) is 4.98. The molecule has 0 spiro atoms. The number of aromatic nitrogens is 1. The molecule has 0 radical (unpaired) electrons. The molecule has 6 heteroatoms. The van der Waals surface area contributed by atoms with E-state index in [1.807, 2.05) is 14.1 Å². The standard InChI is InChI=1S/C14H24N4O2/c1-5-20-14(19)11-6-8-16-13(12(11)15)17-10(2)7-9-18(3)4/h6,8,10H,5,7,9,15H2,1-4H3,(H,16,17). The van der Waals surface area contributed by atoms with Crippen LogP contribution in [0.3, 0.4) is 0 Å². The molecule has 0 aliphatic rings. The number of hydrogen-bond donors (Lipinski definition) is 2. The Morgan fingerprint density at radius 3 is 2.85 bits per heavy atom. The van der Waals surface area contributed by atoms with E-state index in [2.05, 4.69) is 22.1 Å². The molecule has 112 valence electrons. The van der Waals surface area contributed by atoms with E-state index in [-0.39, 0.29) is 6.04 Å². The highest BCUT2D eigenvalue weighted by atomic mass is 16.5. The summed E-state index contributed by atoms with van der Waals surface area (Å²) >= 11 is 0. The third-order valence-electron chi connectivity index (χ3n) is 2.88. The minimum absolute atomic E-state index is 0.213. The molecule has 0 saturated heterocycles. The number of pyridine rings is 1. The van der Waals surface area contributed by atoms with Gasteiger partial charge in [-0.2, -0.15) is 0 Å². The van der Waals surface area contributed by atoms with Crippen molar-refractivity contribution in [2.24, 2.45) is 0 Å². The second-order valence-electron chi connectivity index (χ2n) is 4.98. The molecule has 1 unspecified atom stereocenters. The Kier molecular flexibility index (Phi) is 6.24. The summed E-state index contributed by atoms with van der Waals surface area (Å²) in [7, 11) is 4.06. The van der Waals surface area contributed by atoms with Crippen molar-refractivity contribution in [1.82, 2.24) is 9.88 Å². The number of anilines is 2. The van der Waals surface area contributed by atoms with Crippen LogP contribution >= 0.6 is 0 Å². The Morgan fingerprint density at radius 2 is 2.25 bits per heavy atom. The van der Waals surface area contributed by atoms with Crippen molar-refractivity contribution in [3.05, 3.63) is 17.8 Å². The van der Waals surface area contributed by atoms with Crippen LogP contribution in [0.25, 0.3) is 0 Å². The molecule has 1 heterocycles. The van der Waals surface area contributed by atoms with Gasteiger partial charge in [-0.3, -0.25) is 0 Å². The van der Waals surface area contributed by atoms with Crippen molar-refractivity contribution in [1.29, 1.82) is 0 Å². The minimum Gasteiger partial charge on any atom is -0.462 e. The van der Waals surface area contributed by atoms with Crippen molar-refractivity contribution in [2.45, 2.75) is 26.3 Å². The molecule has 0 bridgehead atoms. The maximum atomic E-state index is 11.8. The zero-order valence-corrected chi connectivity index (χ0v) is 12.6. The van der Waals surface area contributed by atoms with Gasteiger partial charge in [-0.15, -0.1) is 0 Å². The van der Waals surface area contributed by atoms with Crippen LogP contribution in [0.2, 0.25) is 0 Å². The summed E-state index contributed by atoms with van der Waals surface area (Å²) in [4.78, 5) is 18.1.